The number of anilines is 6. The molecule has 12 aromatic carbocycles. The highest BCUT2D eigenvalue weighted by Gasteiger charge is 2.34. The Balaban J connectivity index is 0.000000134. The first kappa shape index (κ1) is 94.8. The largest absolute Gasteiger partial charge is 0.307 e. The van der Waals surface area contributed by atoms with Crippen molar-refractivity contribution in [3.05, 3.63) is 387 Å². The molecule has 0 aliphatic carbocycles. The zero-order valence-corrected chi connectivity index (χ0v) is 77.1. The Morgan fingerprint density at radius 1 is 0.267 bits per heavy atom. The molecule has 6 aliphatic heterocycles. The van der Waals surface area contributed by atoms with Crippen LogP contribution in [0, 0.1) is 19.7 Å². The molecule has 6 aliphatic rings. The lowest BCUT2D eigenvalue weighted by molar-refractivity contribution is -0.118. The van der Waals surface area contributed by atoms with E-state index in [0.717, 1.165) is 128 Å². The number of benzene rings is 12. The molecule has 0 bridgehead atoms. The summed E-state index contributed by atoms with van der Waals surface area (Å²) in [6.07, 6.45) is 5.51. The second kappa shape index (κ2) is 43.5. The van der Waals surface area contributed by atoms with Gasteiger partial charge in [0.25, 0.3) is 0 Å². The van der Waals surface area contributed by atoms with Gasteiger partial charge in [0.1, 0.15) is 5.82 Å². The fourth-order valence-corrected chi connectivity index (χ4v) is 17.1. The average molecular weight is 1840 g/mol. The van der Waals surface area contributed by atoms with E-state index in [1.165, 1.54) is 23.3 Å². The molecule has 0 fully saturated rings. The summed E-state index contributed by atoms with van der Waals surface area (Å²) < 4.78 is 14.2. The van der Waals surface area contributed by atoms with E-state index in [2.05, 4.69) is 28.1 Å². The number of amides is 6. The van der Waals surface area contributed by atoms with Gasteiger partial charge in [-0.2, -0.15) is 0 Å². The van der Waals surface area contributed by atoms with E-state index in [9.17, 15) is 61.9 Å². The van der Waals surface area contributed by atoms with Gasteiger partial charge < -0.3 is 29.4 Å². The predicted octanol–water partition coefficient (Wildman–Crippen LogP) is 22.4. The first-order valence-corrected chi connectivity index (χ1v) is 45.4. The van der Waals surface area contributed by atoms with E-state index < -0.39 is 0 Å². The van der Waals surface area contributed by atoms with Gasteiger partial charge in [0.15, 0.2) is 34.7 Å². The third-order valence-electron chi connectivity index (χ3n) is 23.8. The number of aryl methyl sites for hydroxylation is 2. The van der Waals surface area contributed by atoms with E-state index in [1.54, 1.807) is 39.0 Å². The van der Waals surface area contributed by atoms with E-state index in [-0.39, 0.29) is 82.4 Å². The van der Waals surface area contributed by atoms with Crippen molar-refractivity contribution in [3.63, 3.8) is 0 Å². The normalized spacial score (nSPS) is 13.4. The molecule has 18 nitrogen and oxygen atoms in total. The van der Waals surface area contributed by atoms with Crippen molar-refractivity contribution >= 4 is 132 Å². The topological polar surface area (TPSA) is 224 Å². The Morgan fingerprint density at radius 2 is 0.489 bits per heavy atom. The smallest absolute Gasteiger partial charge is 0.231 e. The molecule has 12 aromatic rings. The Labute approximate surface area is 777 Å². The monoisotopic (exact) mass is 1830 g/mol. The number of rotatable bonds is 24. The van der Waals surface area contributed by atoms with Crippen LogP contribution in [-0.4, -0.2) is 70.1 Å². The number of fused-ring (bicyclic) bond motifs is 6. The molecule has 18 rings (SSSR count). The first-order valence-electron chi connectivity index (χ1n) is 44.3. The lowest BCUT2D eigenvalue weighted by Crippen LogP contribution is -2.25. The molecule has 0 N–H and O–H groups in total. The summed E-state index contributed by atoms with van der Waals surface area (Å²) in [5.41, 5.74) is 24.4. The zero-order chi connectivity index (χ0) is 93.3. The number of Topliss-reactive ketones (excluding diaryl/α,β-unsaturated/α-hetero) is 6. The molecule has 0 saturated heterocycles. The zero-order valence-electron chi connectivity index (χ0n) is 74.8. The molecule has 0 saturated carbocycles. The molecule has 0 spiro atoms. The van der Waals surface area contributed by atoms with Crippen LogP contribution in [0.2, 0.25) is 5.02 Å². The maximum atomic E-state index is 13.2. The highest BCUT2D eigenvalue weighted by Crippen LogP contribution is 2.38. The second-order valence-corrected chi connectivity index (χ2v) is 34.3. The summed E-state index contributed by atoms with van der Waals surface area (Å²) in [6, 6.07) is 81.0. The molecule has 0 radical (unpaired) electrons. The van der Waals surface area contributed by atoms with Gasteiger partial charge in [0, 0.05) is 116 Å². The molecule has 6 heterocycles. The van der Waals surface area contributed by atoms with Crippen LogP contribution in [0.25, 0.3) is 0 Å². The first-order chi connectivity index (χ1) is 63.1. The lowest BCUT2D eigenvalue weighted by atomic mass is 10.1. The third-order valence-corrected chi connectivity index (χ3v) is 24.5. The highest BCUT2D eigenvalue weighted by molar-refractivity contribution is 9.10. The maximum absolute atomic E-state index is 13.2. The Hall–Kier alpha value is -13.8. The van der Waals surface area contributed by atoms with Crippen molar-refractivity contribution < 1.29 is 61.9 Å². The van der Waals surface area contributed by atoms with Crippen molar-refractivity contribution in [2.24, 2.45) is 0 Å². The van der Waals surface area contributed by atoms with Crippen molar-refractivity contribution in [3.8, 4) is 0 Å². The standard InChI is InChI=1S/2C19H19NO2.C18H16BrNO2.C18H16ClNO2.C18H16FNO2.C18H17NO2/c2*1-3-18(21)15-7-5-14(6-8-15)12-20-17-9-4-13(2)10-16(17)11-19(20)22;3*1-2-17(21)13-5-3-12(4-6-13)11-20-16-8-7-15(19)9-14(16)10-18(20)22;1-2-17(20)14-9-7-13(8-10-14)12-19-16-6-4-3-5-15(16)11-18(19)21/h2*4-10H,3,11-12H2,1-2H3;3*3-9H,2,10-11H2,1H3;3-10H,2,11-12H2,1H3. The van der Waals surface area contributed by atoms with Gasteiger partial charge in [-0.05, 0) is 153 Å². The van der Waals surface area contributed by atoms with Gasteiger partial charge >= 0.3 is 0 Å². The van der Waals surface area contributed by atoms with Crippen molar-refractivity contribution in [2.45, 2.75) is 172 Å². The van der Waals surface area contributed by atoms with Crippen LogP contribution in [0.1, 0.15) is 220 Å². The van der Waals surface area contributed by atoms with Crippen LogP contribution in [0.4, 0.5) is 38.5 Å². The van der Waals surface area contributed by atoms with Crippen LogP contribution >= 0.6 is 27.5 Å². The minimum atomic E-state index is -0.323. The summed E-state index contributed by atoms with van der Waals surface area (Å²) in [4.78, 5) is 154. The second-order valence-electron chi connectivity index (χ2n) is 33.0. The Kier molecular flexibility index (Phi) is 31.5. The van der Waals surface area contributed by atoms with Crippen molar-refractivity contribution in [2.75, 3.05) is 29.4 Å². The molecule has 0 unspecified atom stereocenters. The van der Waals surface area contributed by atoms with Crippen LogP contribution in [0.5, 0.6) is 0 Å². The quantitative estimate of drug-likeness (QED) is 0.0515. The summed E-state index contributed by atoms with van der Waals surface area (Å²) in [5.74, 6) is 1.03. The van der Waals surface area contributed by atoms with Gasteiger partial charge in [-0.25, -0.2) is 4.39 Å². The number of para-hydroxylation sites is 1. The van der Waals surface area contributed by atoms with E-state index in [1.807, 2.05) is 282 Å². The SMILES string of the molecule is CCC(=O)c1ccc(CN2C(=O)Cc3cc(Br)ccc32)cc1.CCC(=O)c1ccc(CN2C(=O)Cc3cc(C)ccc32)cc1.CCC(=O)c1ccc(CN2C(=O)Cc3cc(C)ccc32)cc1.CCC(=O)c1ccc(CN2C(=O)Cc3cc(Cl)ccc32)cc1.CCC(=O)c1ccc(CN2C(=O)Cc3cc(F)ccc32)cc1.CCC(=O)c1ccc(CN2C(=O)Cc3ccccc32)cc1. The number of nitrogens with zero attached hydrogens (tertiary/aromatic N) is 6. The minimum absolute atomic E-state index is 0.0330. The average Bonchev–Trinajstić information content (AvgIpc) is 1.73. The Morgan fingerprint density at radius 3 is 0.771 bits per heavy atom. The molecular formula is C110H103BrClFN6O12. The lowest BCUT2D eigenvalue weighted by Gasteiger charge is -2.18. The van der Waals surface area contributed by atoms with Gasteiger partial charge in [0.05, 0.1) is 77.8 Å². The third kappa shape index (κ3) is 23.4. The van der Waals surface area contributed by atoms with Gasteiger partial charge in [-0.1, -0.05) is 268 Å². The summed E-state index contributed by atoms with van der Waals surface area (Å²) >= 11 is 9.42. The van der Waals surface area contributed by atoms with Crippen LogP contribution in [-0.2, 0) is 107 Å². The summed E-state index contributed by atoms with van der Waals surface area (Å²) in [5, 5.41) is 0.649. The minimum Gasteiger partial charge on any atom is -0.307 e. The number of carbonyl (C=O) groups excluding carboxylic acids is 12. The number of hydrogen-bond acceptors (Lipinski definition) is 12. The molecule has 666 valence electrons. The summed E-state index contributed by atoms with van der Waals surface area (Å²) in [6.45, 7) is 18.3. The number of carbonyl (C=O) groups is 12. The fraction of sp³-hybridized carbons (Fsp3) is 0.236. The highest BCUT2D eigenvalue weighted by atomic mass is 79.9. The van der Waals surface area contributed by atoms with E-state index in [4.69, 9.17) is 11.6 Å². The number of halogens is 3. The van der Waals surface area contributed by atoms with Crippen LogP contribution < -0.4 is 29.4 Å². The van der Waals surface area contributed by atoms with Crippen LogP contribution in [0.3, 0.4) is 0 Å². The fourth-order valence-electron chi connectivity index (χ4n) is 16.5. The van der Waals surface area contributed by atoms with Gasteiger partial charge in [-0.3, -0.25) is 57.5 Å². The van der Waals surface area contributed by atoms with Gasteiger partial charge in [0.2, 0.25) is 35.4 Å². The summed E-state index contributed by atoms with van der Waals surface area (Å²) in [7, 11) is 0. The van der Waals surface area contributed by atoms with Gasteiger partial charge in [-0.15, -0.1) is 0 Å². The molecule has 0 atom stereocenters. The van der Waals surface area contributed by atoms with Crippen molar-refractivity contribution in [1.29, 1.82) is 0 Å². The molecule has 0 aromatic heterocycles. The Bertz CT molecular complexity index is 5610. The van der Waals surface area contributed by atoms with E-state index >= 15 is 0 Å². The number of hydrogen-bond donors (Lipinski definition) is 0. The molecule has 21 heteroatoms. The maximum Gasteiger partial charge on any atom is 0.231 e. The molecular weight excluding hydrogens is 1730 g/mol. The number of ketones is 6. The van der Waals surface area contributed by atoms with Crippen LogP contribution in [0.15, 0.2) is 265 Å². The van der Waals surface area contributed by atoms with Crippen molar-refractivity contribution in [1.82, 2.24) is 0 Å². The molecule has 6 amide bonds. The van der Waals surface area contributed by atoms with E-state index in [0.29, 0.717) is 126 Å². The predicted molar refractivity (Wildman–Crippen MR) is 517 cm³/mol. The molecule has 131 heavy (non-hydrogen) atoms.